The Balaban J connectivity index is 1.57. The maximum Gasteiger partial charge on any atom is 0.349 e. The third-order valence-corrected chi connectivity index (χ3v) is 4.13. The van der Waals surface area contributed by atoms with Crippen molar-refractivity contribution in [1.82, 2.24) is 4.98 Å². The Morgan fingerprint density at radius 3 is 2.64 bits per heavy atom. The number of benzene rings is 2. The number of nitrogens with zero attached hydrogens (tertiary/aromatic N) is 1. The second-order valence-electron chi connectivity index (χ2n) is 6.06. The van der Waals surface area contributed by atoms with Crippen LogP contribution in [0.4, 0.5) is 5.82 Å². The minimum Gasteiger partial charge on any atom is -0.485 e. The van der Waals surface area contributed by atoms with Crippen molar-refractivity contribution < 1.29 is 13.9 Å². The van der Waals surface area contributed by atoms with Gasteiger partial charge in [-0.3, -0.25) is 4.79 Å². The Labute approximate surface area is 160 Å². The Kier molecular flexibility index (Phi) is 4.84. The van der Waals surface area contributed by atoms with E-state index in [0.29, 0.717) is 23.3 Å². The minimum atomic E-state index is -0.709. The standard InChI is InChI=1S/C22H16N2O4/c25-21(17-13-16-9-4-5-10-18(16)28-22(17)26)24-20-19(11-6-12-23-20)27-14-15-7-2-1-3-8-15/h1-13H,14H2,(H,23,24,25). The molecular weight excluding hydrogens is 356 g/mol. The summed E-state index contributed by atoms with van der Waals surface area (Å²) in [5.41, 5.74) is 0.602. The molecule has 0 aliphatic heterocycles. The zero-order chi connectivity index (χ0) is 19.3. The summed E-state index contributed by atoms with van der Waals surface area (Å²) in [6.07, 6.45) is 1.54. The molecular formula is C22H16N2O4. The maximum atomic E-state index is 12.6. The Bertz CT molecular complexity index is 1190. The molecule has 2 aromatic heterocycles. The van der Waals surface area contributed by atoms with Gasteiger partial charge in [-0.1, -0.05) is 48.5 Å². The fourth-order valence-corrected chi connectivity index (χ4v) is 2.73. The smallest absolute Gasteiger partial charge is 0.349 e. The molecule has 6 nitrogen and oxygen atoms in total. The average molecular weight is 372 g/mol. The number of nitrogens with one attached hydrogen (secondary N) is 1. The van der Waals surface area contributed by atoms with Crippen LogP contribution in [0.5, 0.6) is 5.75 Å². The highest BCUT2D eigenvalue weighted by Crippen LogP contribution is 2.23. The van der Waals surface area contributed by atoms with Gasteiger partial charge in [0.2, 0.25) is 0 Å². The Morgan fingerprint density at radius 1 is 1.00 bits per heavy atom. The monoisotopic (exact) mass is 372 g/mol. The minimum absolute atomic E-state index is 0.0987. The van der Waals surface area contributed by atoms with Crippen molar-refractivity contribution in [2.75, 3.05) is 5.32 Å². The van der Waals surface area contributed by atoms with Crippen molar-refractivity contribution in [3.05, 3.63) is 101 Å². The molecule has 6 heteroatoms. The summed E-state index contributed by atoms with van der Waals surface area (Å²) in [5.74, 6) is 0.0311. The molecule has 1 amide bonds. The molecule has 2 heterocycles. The summed E-state index contributed by atoms with van der Waals surface area (Å²) in [4.78, 5) is 29.0. The Morgan fingerprint density at radius 2 is 1.79 bits per heavy atom. The highest BCUT2D eigenvalue weighted by molar-refractivity contribution is 6.05. The van der Waals surface area contributed by atoms with Gasteiger partial charge in [-0.25, -0.2) is 9.78 Å². The summed E-state index contributed by atoms with van der Waals surface area (Å²) >= 11 is 0. The predicted octanol–water partition coefficient (Wildman–Crippen LogP) is 4.02. The van der Waals surface area contributed by atoms with E-state index in [1.807, 2.05) is 30.3 Å². The van der Waals surface area contributed by atoms with Crippen LogP contribution in [0.2, 0.25) is 0 Å². The van der Waals surface area contributed by atoms with Crippen molar-refractivity contribution in [1.29, 1.82) is 0 Å². The first-order chi connectivity index (χ1) is 13.7. The van der Waals surface area contributed by atoms with Gasteiger partial charge in [0.1, 0.15) is 17.8 Å². The largest absolute Gasteiger partial charge is 0.485 e. The fraction of sp³-hybridized carbons (Fsp3) is 0.0455. The van der Waals surface area contributed by atoms with E-state index in [9.17, 15) is 9.59 Å². The van der Waals surface area contributed by atoms with E-state index >= 15 is 0 Å². The van der Waals surface area contributed by atoms with Gasteiger partial charge in [0.05, 0.1) is 0 Å². The number of aromatic nitrogens is 1. The van der Waals surface area contributed by atoms with Crippen LogP contribution in [-0.2, 0) is 6.61 Å². The molecule has 2 aromatic carbocycles. The number of hydrogen-bond acceptors (Lipinski definition) is 5. The first kappa shape index (κ1) is 17.5. The van der Waals surface area contributed by atoms with Gasteiger partial charge in [0.15, 0.2) is 11.6 Å². The lowest BCUT2D eigenvalue weighted by molar-refractivity contribution is 0.102. The molecule has 0 aliphatic rings. The highest BCUT2D eigenvalue weighted by Gasteiger charge is 2.16. The van der Waals surface area contributed by atoms with Crippen molar-refractivity contribution in [2.24, 2.45) is 0 Å². The number of pyridine rings is 1. The zero-order valence-electron chi connectivity index (χ0n) is 14.8. The number of fused-ring (bicyclic) bond motifs is 1. The number of ether oxygens (including phenoxy) is 1. The second-order valence-corrected chi connectivity index (χ2v) is 6.06. The first-order valence-electron chi connectivity index (χ1n) is 8.67. The summed E-state index contributed by atoms with van der Waals surface area (Å²) in [7, 11) is 0. The van der Waals surface area contributed by atoms with Gasteiger partial charge >= 0.3 is 5.63 Å². The molecule has 138 valence electrons. The SMILES string of the molecule is O=C(Nc1ncccc1OCc1ccccc1)c1cc2ccccc2oc1=O. The molecule has 0 radical (unpaired) electrons. The van der Waals surface area contributed by atoms with Gasteiger partial charge in [-0.15, -0.1) is 0 Å². The van der Waals surface area contributed by atoms with Crippen LogP contribution in [0.3, 0.4) is 0 Å². The van der Waals surface area contributed by atoms with Gasteiger partial charge in [0, 0.05) is 11.6 Å². The van der Waals surface area contributed by atoms with Crippen molar-refractivity contribution >= 4 is 22.7 Å². The second kappa shape index (κ2) is 7.75. The van der Waals surface area contributed by atoms with Gasteiger partial charge in [-0.05, 0) is 29.8 Å². The first-order valence-corrected chi connectivity index (χ1v) is 8.67. The molecule has 1 N–H and O–H groups in total. The number of anilines is 1. The van der Waals surface area contributed by atoms with Gasteiger partial charge < -0.3 is 14.5 Å². The van der Waals surface area contributed by atoms with Crippen LogP contribution in [0.15, 0.2) is 88.2 Å². The van der Waals surface area contributed by atoms with E-state index in [1.54, 1.807) is 36.4 Å². The van der Waals surface area contributed by atoms with Crippen molar-refractivity contribution in [3.8, 4) is 5.75 Å². The van der Waals surface area contributed by atoms with E-state index in [-0.39, 0.29) is 11.4 Å². The van der Waals surface area contributed by atoms with Crippen LogP contribution < -0.4 is 15.7 Å². The van der Waals surface area contributed by atoms with Crippen LogP contribution in [-0.4, -0.2) is 10.9 Å². The van der Waals surface area contributed by atoms with E-state index in [1.165, 1.54) is 12.3 Å². The lowest BCUT2D eigenvalue weighted by Crippen LogP contribution is -2.21. The summed E-state index contributed by atoms with van der Waals surface area (Å²) in [5, 5.41) is 3.29. The molecule has 0 bridgehead atoms. The summed E-state index contributed by atoms with van der Waals surface area (Å²) in [6.45, 7) is 0.327. The number of rotatable bonds is 5. The number of carbonyl (C=O) groups excluding carboxylic acids is 1. The van der Waals surface area contributed by atoms with E-state index in [0.717, 1.165) is 5.56 Å². The maximum absolute atomic E-state index is 12.6. The molecule has 0 unspecified atom stereocenters. The topological polar surface area (TPSA) is 81.4 Å². The molecule has 0 saturated carbocycles. The van der Waals surface area contributed by atoms with Crippen LogP contribution in [0.25, 0.3) is 11.0 Å². The summed E-state index contributed by atoms with van der Waals surface area (Å²) < 4.78 is 11.0. The van der Waals surface area contributed by atoms with Gasteiger partial charge in [0.25, 0.3) is 5.91 Å². The average Bonchev–Trinajstić information content (AvgIpc) is 2.73. The zero-order valence-corrected chi connectivity index (χ0v) is 14.8. The normalized spacial score (nSPS) is 10.6. The van der Waals surface area contributed by atoms with Gasteiger partial charge in [-0.2, -0.15) is 0 Å². The fourth-order valence-electron chi connectivity index (χ4n) is 2.73. The van der Waals surface area contributed by atoms with Crippen molar-refractivity contribution in [2.45, 2.75) is 6.61 Å². The molecule has 4 rings (SSSR count). The summed E-state index contributed by atoms with van der Waals surface area (Å²) in [6, 6.07) is 21.6. The molecule has 0 aliphatic carbocycles. The lowest BCUT2D eigenvalue weighted by atomic mass is 10.2. The molecule has 4 aromatic rings. The number of para-hydroxylation sites is 1. The Hall–Kier alpha value is -3.93. The number of hydrogen-bond donors (Lipinski definition) is 1. The third kappa shape index (κ3) is 3.76. The van der Waals surface area contributed by atoms with Crippen molar-refractivity contribution in [3.63, 3.8) is 0 Å². The molecule has 28 heavy (non-hydrogen) atoms. The molecule has 0 fully saturated rings. The molecule has 0 atom stereocenters. The highest BCUT2D eigenvalue weighted by atomic mass is 16.5. The number of carbonyl (C=O) groups is 1. The number of amides is 1. The predicted molar refractivity (Wildman–Crippen MR) is 105 cm³/mol. The van der Waals surface area contributed by atoms with Crippen LogP contribution in [0, 0.1) is 0 Å². The quantitative estimate of drug-likeness (QED) is 0.535. The molecule has 0 spiro atoms. The van der Waals surface area contributed by atoms with E-state index in [2.05, 4.69) is 10.3 Å². The van der Waals surface area contributed by atoms with Crippen LogP contribution in [0.1, 0.15) is 15.9 Å². The lowest BCUT2D eigenvalue weighted by Gasteiger charge is -2.11. The van der Waals surface area contributed by atoms with E-state index in [4.69, 9.17) is 9.15 Å². The van der Waals surface area contributed by atoms with Crippen LogP contribution >= 0.6 is 0 Å². The third-order valence-electron chi connectivity index (χ3n) is 4.13. The van der Waals surface area contributed by atoms with E-state index < -0.39 is 11.5 Å². The molecule has 0 saturated heterocycles.